The highest BCUT2D eigenvalue weighted by atomic mass is 15.2. The third-order valence-corrected chi connectivity index (χ3v) is 16.1. The molecule has 354 valence electrons. The maximum Gasteiger partial charge on any atom is 0.0789 e. The molecule has 0 saturated carbocycles. The number of anilines is 6. The van der Waals surface area contributed by atoms with E-state index in [1.165, 1.54) is 115 Å². The summed E-state index contributed by atoms with van der Waals surface area (Å²) >= 11 is 0. The lowest BCUT2D eigenvalue weighted by Crippen LogP contribution is -2.15. The minimum Gasteiger partial charge on any atom is -0.308 e. The number of aromatic nitrogens is 2. The first-order valence-electron chi connectivity index (χ1n) is 26.1. The first-order chi connectivity index (χ1) is 36.0. The van der Waals surface area contributed by atoms with E-state index in [0.29, 0.717) is 0 Å². The maximum absolute atomic E-state index is 2.65. The van der Waals surface area contributed by atoms with Crippen molar-refractivity contribution in [3.8, 4) is 0 Å². The Bertz CT molecular complexity index is 4630. The summed E-state index contributed by atoms with van der Waals surface area (Å²) in [4.78, 5) is 4.95. The number of para-hydroxylation sites is 4. The summed E-state index contributed by atoms with van der Waals surface area (Å²) in [6, 6.07) is 81.6. The Kier molecular flexibility index (Phi) is 8.87. The SMILES string of the molecule is CC(C)(C)c1cc(N(c2ccccc2)c2ccccc2)c2c(c1)c1cc(C(C)(C)C)cc3c4c5c6c7ccccc7cc7c8c9ccccc9cc(N(c9ccccc9)c9ccccc9)c8n(c5ccc4n2c13)c76. The number of benzene rings is 11. The van der Waals surface area contributed by atoms with Crippen LogP contribution >= 0.6 is 0 Å². The lowest BCUT2D eigenvalue weighted by Gasteiger charge is -2.29. The van der Waals surface area contributed by atoms with Crippen LogP contribution < -0.4 is 9.80 Å². The molecule has 0 spiro atoms. The van der Waals surface area contributed by atoms with E-state index in [0.717, 1.165) is 28.4 Å². The van der Waals surface area contributed by atoms with E-state index in [9.17, 15) is 0 Å². The van der Waals surface area contributed by atoms with Crippen molar-refractivity contribution in [1.82, 2.24) is 8.80 Å². The Labute approximate surface area is 430 Å². The zero-order valence-electron chi connectivity index (χ0n) is 42.6. The Morgan fingerprint density at radius 2 is 0.676 bits per heavy atom. The van der Waals surface area contributed by atoms with E-state index < -0.39 is 0 Å². The topological polar surface area (TPSA) is 15.3 Å². The summed E-state index contributed by atoms with van der Waals surface area (Å²) in [7, 11) is 0. The number of hydrogen-bond acceptors (Lipinski definition) is 2. The highest BCUT2D eigenvalue weighted by Crippen LogP contribution is 2.54. The second kappa shape index (κ2) is 15.3. The summed E-state index contributed by atoms with van der Waals surface area (Å²) in [5.74, 6) is 0. The fraction of sp³-hybridized carbons (Fsp3) is 0.114. The smallest absolute Gasteiger partial charge is 0.0789 e. The van der Waals surface area contributed by atoms with Crippen molar-refractivity contribution in [2.24, 2.45) is 0 Å². The summed E-state index contributed by atoms with van der Waals surface area (Å²) in [6.45, 7) is 14.1. The maximum atomic E-state index is 2.65. The van der Waals surface area contributed by atoms with Crippen molar-refractivity contribution in [2.75, 3.05) is 9.80 Å². The van der Waals surface area contributed by atoms with E-state index in [1.54, 1.807) is 0 Å². The molecule has 0 atom stereocenters. The third kappa shape index (κ3) is 5.97. The molecule has 0 unspecified atom stereocenters. The van der Waals surface area contributed by atoms with Crippen LogP contribution in [0.5, 0.6) is 0 Å². The van der Waals surface area contributed by atoms with Crippen LogP contribution in [0, 0.1) is 0 Å². The van der Waals surface area contributed by atoms with E-state index >= 15 is 0 Å². The first-order valence-corrected chi connectivity index (χ1v) is 26.1. The van der Waals surface area contributed by atoms with E-state index in [1.807, 2.05) is 0 Å². The summed E-state index contributed by atoms with van der Waals surface area (Å²) in [6.07, 6.45) is 0. The van der Waals surface area contributed by atoms with Crippen LogP contribution in [0.15, 0.2) is 218 Å². The molecule has 15 aromatic rings. The van der Waals surface area contributed by atoms with Crippen molar-refractivity contribution in [3.63, 3.8) is 0 Å². The van der Waals surface area contributed by atoms with Crippen LogP contribution in [0.25, 0.3) is 97.7 Å². The van der Waals surface area contributed by atoms with E-state index in [-0.39, 0.29) is 10.8 Å². The van der Waals surface area contributed by atoms with Gasteiger partial charge in [0.25, 0.3) is 0 Å². The Morgan fingerprint density at radius 1 is 0.284 bits per heavy atom. The molecule has 0 aliphatic heterocycles. The number of rotatable bonds is 6. The molecular weight excluding hydrogens is 897 g/mol. The second-order valence-electron chi connectivity index (χ2n) is 22.6. The van der Waals surface area contributed by atoms with E-state index in [2.05, 4.69) is 279 Å². The highest BCUT2D eigenvalue weighted by Gasteiger charge is 2.32. The molecule has 0 aliphatic carbocycles. The molecule has 0 saturated heterocycles. The molecule has 0 N–H and O–H groups in total. The van der Waals surface area contributed by atoms with Crippen LogP contribution in [0.3, 0.4) is 0 Å². The molecule has 15 rings (SSSR count). The fourth-order valence-electron chi connectivity index (χ4n) is 12.7. The number of nitrogens with zero attached hydrogens (tertiary/aromatic N) is 4. The molecule has 4 heterocycles. The van der Waals surface area contributed by atoms with Crippen molar-refractivity contribution >= 4 is 132 Å². The van der Waals surface area contributed by atoms with Gasteiger partial charge in [0.2, 0.25) is 0 Å². The first kappa shape index (κ1) is 42.8. The van der Waals surface area contributed by atoms with Gasteiger partial charge in [-0.05, 0) is 141 Å². The molecule has 4 heteroatoms. The summed E-state index contributed by atoms with van der Waals surface area (Å²) in [5, 5.41) is 15.3. The highest BCUT2D eigenvalue weighted by molar-refractivity contribution is 6.42. The van der Waals surface area contributed by atoms with Crippen LogP contribution in [-0.2, 0) is 10.8 Å². The van der Waals surface area contributed by atoms with Crippen molar-refractivity contribution in [2.45, 2.75) is 52.4 Å². The largest absolute Gasteiger partial charge is 0.308 e. The third-order valence-electron chi connectivity index (χ3n) is 16.1. The molecule has 0 amide bonds. The van der Waals surface area contributed by atoms with Gasteiger partial charge in [-0.3, -0.25) is 0 Å². The zero-order valence-corrected chi connectivity index (χ0v) is 42.6. The Balaban J connectivity index is 1.19. The summed E-state index contributed by atoms with van der Waals surface area (Å²) < 4.78 is 5.29. The lowest BCUT2D eigenvalue weighted by atomic mass is 9.83. The van der Waals surface area contributed by atoms with Gasteiger partial charge in [0.15, 0.2) is 0 Å². The predicted octanol–water partition coefficient (Wildman–Crippen LogP) is 19.8. The quantitative estimate of drug-likeness (QED) is 0.165. The van der Waals surface area contributed by atoms with Gasteiger partial charge in [0, 0.05) is 65.8 Å². The van der Waals surface area contributed by atoms with Crippen LogP contribution in [0.2, 0.25) is 0 Å². The average Bonchev–Trinajstić information content (AvgIpc) is 4.20. The second-order valence-corrected chi connectivity index (χ2v) is 22.6. The number of hydrogen-bond donors (Lipinski definition) is 0. The van der Waals surface area contributed by atoms with Gasteiger partial charge in [-0.2, -0.15) is 0 Å². The van der Waals surface area contributed by atoms with Crippen molar-refractivity contribution < 1.29 is 0 Å². The van der Waals surface area contributed by atoms with Gasteiger partial charge in [-0.1, -0.05) is 163 Å². The molecule has 0 radical (unpaired) electrons. The molecule has 0 aliphatic rings. The monoisotopic (exact) mass is 950 g/mol. The van der Waals surface area contributed by atoms with Gasteiger partial charge >= 0.3 is 0 Å². The van der Waals surface area contributed by atoms with Crippen LogP contribution in [0.4, 0.5) is 34.1 Å². The molecule has 0 bridgehead atoms. The van der Waals surface area contributed by atoms with Crippen molar-refractivity contribution in [1.29, 1.82) is 0 Å². The van der Waals surface area contributed by atoms with Gasteiger partial charge in [-0.25, -0.2) is 0 Å². The van der Waals surface area contributed by atoms with Gasteiger partial charge < -0.3 is 18.6 Å². The van der Waals surface area contributed by atoms with Crippen molar-refractivity contribution in [3.05, 3.63) is 230 Å². The van der Waals surface area contributed by atoms with Gasteiger partial charge in [-0.15, -0.1) is 0 Å². The summed E-state index contributed by atoms with van der Waals surface area (Å²) in [5.41, 5.74) is 16.6. The van der Waals surface area contributed by atoms with Gasteiger partial charge in [0.1, 0.15) is 0 Å². The lowest BCUT2D eigenvalue weighted by molar-refractivity contribution is 0.591. The molecule has 11 aromatic carbocycles. The van der Waals surface area contributed by atoms with Gasteiger partial charge in [0.05, 0.1) is 44.5 Å². The Hall–Kier alpha value is -8.86. The molecular formula is C70H54N4. The normalized spacial score (nSPS) is 12.7. The molecule has 4 aromatic heterocycles. The van der Waals surface area contributed by atoms with Crippen LogP contribution in [0.1, 0.15) is 52.7 Å². The Morgan fingerprint density at radius 3 is 1.20 bits per heavy atom. The predicted molar refractivity (Wildman–Crippen MR) is 318 cm³/mol. The molecule has 74 heavy (non-hydrogen) atoms. The fourth-order valence-corrected chi connectivity index (χ4v) is 12.7. The molecule has 0 fully saturated rings. The zero-order chi connectivity index (χ0) is 49.8. The van der Waals surface area contributed by atoms with E-state index in [4.69, 9.17) is 0 Å². The van der Waals surface area contributed by atoms with Crippen LogP contribution in [-0.4, -0.2) is 8.80 Å². The standard InChI is InChI=1S/C70H54N4/c1-69(2,3)45-39-53-54-40-46(70(4,5)6)42-60(72(49-29-15-9-16-30-49)50-31-17-10-18-32-50)66(54)73-57-35-36-58-64(62(57)56(41-45)65(53)73)63-52-34-22-19-23-43(52)37-55-61-51-33-21-20-24-44(51)38-59(68(61)74(58)67(55)63)71(47-25-11-7-12-26-47)48-27-13-8-14-28-48/h7-42H,1-6H3. The molecule has 4 nitrogen and oxygen atoms in total. The minimum absolute atomic E-state index is 0.111. The average molecular weight is 951 g/mol. The number of fused-ring (bicyclic) bond motifs is 17. The minimum atomic E-state index is -0.118.